The number of carbonyl (C=O) groups is 2. The smallest absolute Gasteiger partial charge is 0.305 e. The largest absolute Gasteiger partial charge is 0.451 e. The summed E-state index contributed by atoms with van der Waals surface area (Å²) in [4.78, 5) is 24.0. The Bertz CT molecular complexity index is 923. The number of amides is 2. The Hall–Kier alpha value is -2.76. The zero-order chi connectivity index (χ0) is 17.8. The third-order valence-corrected chi connectivity index (χ3v) is 3.90. The van der Waals surface area contributed by atoms with Crippen LogP contribution in [0.3, 0.4) is 0 Å². The maximum absolute atomic E-state index is 12.1. The van der Waals surface area contributed by atoms with Gasteiger partial charge in [0.2, 0.25) is 0 Å². The quantitative estimate of drug-likeness (QED) is 0.670. The summed E-state index contributed by atoms with van der Waals surface area (Å²) in [6.45, 7) is 0. The first kappa shape index (κ1) is 17.1. The predicted molar refractivity (Wildman–Crippen MR) is 95.5 cm³/mol. The highest BCUT2D eigenvalue weighted by Gasteiger charge is 2.15. The molecule has 2 amide bonds. The second-order valence-electron chi connectivity index (χ2n) is 5.06. The average Bonchev–Trinajstić information content (AvgIpc) is 3.10. The summed E-state index contributed by atoms with van der Waals surface area (Å²) in [5, 5.41) is 0.910. The number of furan rings is 1. The van der Waals surface area contributed by atoms with Crippen LogP contribution < -0.4 is 10.9 Å². The highest BCUT2D eigenvalue weighted by molar-refractivity contribution is 6.36. The Morgan fingerprint density at radius 2 is 1.56 bits per heavy atom. The molecule has 0 aliphatic carbocycles. The molecule has 25 heavy (non-hydrogen) atoms. The van der Waals surface area contributed by atoms with Crippen molar-refractivity contribution < 1.29 is 14.0 Å². The lowest BCUT2D eigenvalue weighted by Gasteiger charge is -2.06. The van der Waals surface area contributed by atoms with E-state index in [9.17, 15) is 9.59 Å². The molecule has 0 aliphatic rings. The summed E-state index contributed by atoms with van der Waals surface area (Å²) >= 11 is 12.0. The first-order valence-electron chi connectivity index (χ1n) is 7.25. The van der Waals surface area contributed by atoms with Gasteiger partial charge >= 0.3 is 5.91 Å². The van der Waals surface area contributed by atoms with Crippen molar-refractivity contribution in [1.29, 1.82) is 0 Å². The van der Waals surface area contributed by atoms with Crippen molar-refractivity contribution in [2.45, 2.75) is 0 Å². The summed E-state index contributed by atoms with van der Waals surface area (Å²) in [5.41, 5.74) is 5.66. The van der Waals surface area contributed by atoms with E-state index in [1.807, 2.05) is 0 Å². The molecule has 0 aliphatic heterocycles. The maximum atomic E-state index is 12.1. The minimum absolute atomic E-state index is 0.0365. The number of carbonyl (C=O) groups excluding carboxylic acids is 2. The Balaban J connectivity index is 1.68. The van der Waals surface area contributed by atoms with Crippen LogP contribution in [0.5, 0.6) is 0 Å². The van der Waals surface area contributed by atoms with Crippen molar-refractivity contribution in [3.8, 4) is 11.3 Å². The molecule has 7 heteroatoms. The van der Waals surface area contributed by atoms with Crippen molar-refractivity contribution >= 4 is 35.0 Å². The lowest BCUT2D eigenvalue weighted by molar-refractivity contribution is 0.0831. The van der Waals surface area contributed by atoms with Crippen LogP contribution in [0.4, 0.5) is 0 Å². The molecular formula is C18H12Cl2N2O3. The lowest BCUT2D eigenvalue weighted by Crippen LogP contribution is -2.41. The Labute approximate surface area is 153 Å². The van der Waals surface area contributed by atoms with Crippen molar-refractivity contribution in [1.82, 2.24) is 10.9 Å². The normalized spacial score (nSPS) is 10.3. The molecule has 0 radical (unpaired) electrons. The molecule has 0 saturated heterocycles. The number of nitrogens with one attached hydrogen (secondary N) is 2. The van der Waals surface area contributed by atoms with Crippen molar-refractivity contribution in [2.75, 3.05) is 0 Å². The van der Waals surface area contributed by atoms with Crippen LogP contribution in [0.15, 0.2) is 65.1 Å². The van der Waals surface area contributed by atoms with Crippen LogP contribution in [-0.2, 0) is 0 Å². The zero-order valence-electron chi connectivity index (χ0n) is 12.8. The van der Waals surface area contributed by atoms with E-state index in [4.69, 9.17) is 27.6 Å². The molecule has 0 unspecified atom stereocenters. The van der Waals surface area contributed by atoms with Gasteiger partial charge in [-0.3, -0.25) is 20.4 Å². The average molecular weight is 375 g/mol. The molecule has 126 valence electrons. The molecule has 0 fully saturated rings. The second-order valence-corrected chi connectivity index (χ2v) is 5.91. The zero-order valence-corrected chi connectivity index (χ0v) is 14.3. The molecule has 5 nitrogen and oxygen atoms in total. The molecule has 0 saturated carbocycles. The van der Waals surface area contributed by atoms with Crippen LogP contribution in [0.2, 0.25) is 10.0 Å². The summed E-state index contributed by atoms with van der Waals surface area (Å²) in [6, 6.07) is 16.6. The van der Waals surface area contributed by atoms with Gasteiger partial charge in [-0.25, -0.2) is 0 Å². The van der Waals surface area contributed by atoms with Gasteiger partial charge in [0.25, 0.3) is 5.91 Å². The highest BCUT2D eigenvalue weighted by atomic mass is 35.5. The number of halogens is 2. The number of hydrazine groups is 1. The first-order valence-corrected chi connectivity index (χ1v) is 8.01. The van der Waals surface area contributed by atoms with Gasteiger partial charge in [-0.2, -0.15) is 0 Å². The van der Waals surface area contributed by atoms with Crippen molar-refractivity contribution in [2.24, 2.45) is 0 Å². The van der Waals surface area contributed by atoms with E-state index >= 15 is 0 Å². The summed E-state index contributed by atoms with van der Waals surface area (Å²) < 4.78 is 5.50. The Morgan fingerprint density at radius 1 is 0.840 bits per heavy atom. The van der Waals surface area contributed by atoms with Gasteiger partial charge in [0, 0.05) is 16.1 Å². The Kier molecular flexibility index (Phi) is 5.07. The standard InChI is InChI=1S/C18H12Cl2N2O3/c19-12-6-7-13(14(20)10-12)15-8-9-16(25-15)18(24)22-21-17(23)11-4-2-1-3-5-11/h1-10H,(H,21,23)(H,22,24). The third-order valence-electron chi connectivity index (χ3n) is 3.35. The number of hydrogen-bond acceptors (Lipinski definition) is 3. The summed E-state index contributed by atoms with van der Waals surface area (Å²) in [7, 11) is 0. The van der Waals surface area contributed by atoms with Crippen molar-refractivity contribution in [3.63, 3.8) is 0 Å². The van der Waals surface area contributed by atoms with Gasteiger partial charge in [0.05, 0.1) is 5.02 Å². The topological polar surface area (TPSA) is 71.3 Å². The molecule has 2 N–H and O–H groups in total. The predicted octanol–water partition coefficient (Wildman–Crippen LogP) is 4.33. The van der Waals surface area contributed by atoms with E-state index in [1.54, 1.807) is 54.6 Å². The molecule has 3 aromatic rings. The maximum Gasteiger partial charge on any atom is 0.305 e. The van der Waals surface area contributed by atoms with Crippen LogP contribution in [0.25, 0.3) is 11.3 Å². The van der Waals surface area contributed by atoms with Gasteiger partial charge in [-0.15, -0.1) is 0 Å². The van der Waals surface area contributed by atoms with Gasteiger partial charge in [-0.05, 0) is 42.5 Å². The van der Waals surface area contributed by atoms with E-state index in [-0.39, 0.29) is 5.76 Å². The summed E-state index contributed by atoms with van der Waals surface area (Å²) in [5.74, 6) is -0.558. The second kappa shape index (κ2) is 7.42. The Morgan fingerprint density at radius 3 is 2.28 bits per heavy atom. The van der Waals surface area contributed by atoms with E-state index in [0.717, 1.165) is 0 Å². The van der Waals surface area contributed by atoms with E-state index in [2.05, 4.69) is 10.9 Å². The summed E-state index contributed by atoms with van der Waals surface area (Å²) in [6.07, 6.45) is 0. The molecule has 2 aromatic carbocycles. The number of rotatable bonds is 3. The van der Waals surface area contributed by atoms with Crippen LogP contribution in [0, 0.1) is 0 Å². The van der Waals surface area contributed by atoms with Gasteiger partial charge in [0.15, 0.2) is 5.76 Å². The monoisotopic (exact) mass is 374 g/mol. The molecule has 0 bridgehead atoms. The third kappa shape index (κ3) is 4.02. The van der Waals surface area contributed by atoms with Gasteiger partial charge < -0.3 is 4.42 Å². The number of hydrogen-bond donors (Lipinski definition) is 2. The molecule has 0 spiro atoms. The van der Waals surface area contributed by atoms with E-state index in [1.165, 1.54) is 6.07 Å². The van der Waals surface area contributed by atoms with Crippen molar-refractivity contribution in [3.05, 3.63) is 82.0 Å². The highest BCUT2D eigenvalue weighted by Crippen LogP contribution is 2.31. The molecular weight excluding hydrogens is 363 g/mol. The fourth-order valence-corrected chi connectivity index (χ4v) is 2.63. The fraction of sp³-hybridized carbons (Fsp3) is 0. The molecule has 0 atom stereocenters. The van der Waals surface area contributed by atoms with Crippen LogP contribution in [-0.4, -0.2) is 11.8 Å². The minimum Gasteiger partial charge on any atom is -0.451 e. The van der Waals surface area contributed by atoms with E-state index in [0.29, 0.717) is 26.9 Å². The van der Waals surface area contributed by atoms with Crippen LogP contribution in [0.1, 0.15) is 20.9 Å². The van der Waals surface area contributed by atoms with Gasteiger partial charge in [-0.1, -0.05) is 41.4 Å². The lowest BCUT2D eigenvalue weighted by atomic mass is 10.2. The molecule has 1 aromatic heterocycles. The van der Waals surface area contributed by atoms with E-state index < -0.39 is 11.8 Å². The molecule has 3 rings (SSSR count). The SMILES string of the molecule is O=C(NNC(=O)c1ccc(-c2ccc(Cl)cc2Cl)o1)c1ccccc1. The fourth-order valence-electron chi connectivity index (χ4n) is 2.13. The minimum atomic E-state index is -0.583. The van der Waals surface area contributed by atoms with Crippen LogP contribution >= 0.6 is 23.2 Å². The number of benzene rings is 2. The van der Waals surface area contributed by atoms with Gasteiger partial charge in [0.1, 0.15) is 5.76 Å². The first-order chi connectivity index (χ1) is 12.0. The molecule has 1 heterocycles.